The fraction of sp³-hybridized carbons (Fsp3) is 0.750. The molecule has 0 unspecified atom stereocenters. The Balaban J connectivity index is 4.06. The van der Waals surface area contributed by atoms with Crippen LogP contribution in [0.25, 0.3) is 0 Å². The van der Waals surface area contributed by atoms with Gasteiger partial charge in [-0.05, 0) is 6.42 Å². The monoisotopic (exact) mass is 189 g/mol. The van der Waals surface area contributed by atoms with Gasteiger partial charge in [0, 0.05) is 13.1 Å². The van der Waals surface area contributed by atoms with Crippen LogP contribution in [0.5, 0.6) is 0 Å². The molecule has 0 aliphatic rings. The molecule has 0 saturated heterocycles. The van der Waals surface area contributed by atoms with Gasteiger partial charge in [0.1, 0.15) is 0 Å². The lowest BCUT2D eigenvalue weighted by atomic mass is 10.3. The van der Waals surface area contributed by atoms with E-state index in [4.69, 9.17) is 10.2 Å². The molecule has 0 saturated carbocycles. The van der Waals surface area contributed by atoms with Crippen LogP contribution in [-0.4, -0.2) is 46.7 Å². The van der Waals surface area contributed by atoms with Gasteiger partial charge in [0.15, 0.2) is 0 Å². The van der Waals surface area contributed by atoms with Crippen molar-refractivity contribution in [3.8, 4) is 0 Å². The van der Waals surface area contributed by atoms with E-state index in [0.29, 0.717) is 6.54 Å². The minimum atomic E-state index is -1.47. The van der Waals surface area contributed by atoms with Crippen molar-refractivity contribution in [2.75, 3.05) is 19.7 Å². The lowest BCUT2D eigenvalue weighted by molar-refractivity contribution is -0.156. The largest absolute Gasteiger partial charge is 0.474 e. The molecule has 0 aromatic carbocycles. The van der Waals surface area contributed by atoms with Crippen LogP contribution in [0.2, 0.25) is 0 Å². The van der Waals surface area contributed by atoms with Crippen LogP contribution in [0.15, 0.2) is 0 Å². The van der Waals surface area contributed by atoms with Crippen LogP contribution in [0.3, 0.4) is 0 Å². The molecule has 0 radical (unpaired) electrons. The van der Waals surface area contributed by atoms with E-state index >= 15 is 0 Å². The lowest BCUT2D eigenvalue weighted by Crippen LogP contribution is -2.39. The molecule has 0 aromatic rings. The number of hydrogen-bond acceptors (Lipinski definition) is 3. The topological polar surface area (TPSA) is 77.8 Å². The summed E-state index contributed by atoms with van der Waals surface area (Å²) in [6.07, 6.45) is 1.63. The van der Waals surface area contributed by atoms with Gasteiger partial charge in [0.2, 0.25) is 0 Å². The number of carbonyl (C=O) groups is 2. The third kappa shape index (κ3) is 4.47. The van der Waals surface area contributed by atoms with Crippen molar-refractivity contribution in [3.63, 3.8) is 0 Å². The fourth-order valence-electron chi connectivity index (χ4n) is 0.920. The summed E-state index contributed by atoms with van der Waals surface area (Å²) in [5, 5.41) is 17.0. The Hall–Kier alpha value is -1.10. The second kappa shape index (κ2) is 6.42. The van der Waals surface area contributed by atoms with E-state index in [0.717, 1.165) is 17.7 Å². The summed E-state index contributed by atoms with van der Waals surface area (Å²) in [7, 11) is 0. The zero-order valence-electron chi connectivity index (χ0n) is 7.69. The van der Waals surface area contributed by atoms with Gasteiger partial charge >= 0.3 is 11.9 Å². The van der Waals surface area contributed by atoms with Crippen LogP contribution in [0.4, 0.5) is 0 Å². The lowest BCUT2D eigenvalue weighted by Gasteiger charge is -2.18. The zero-order valence-corrected chi connectivity index (χ0v) is 7.69. The molecule has 0 spiro atoms. The molecule has 1 amide bonds. The van der Waals surface area contributed by atoms with Gasteiger partial charge in [0.05, 0.1) is 6.61 Å². The fourth-order valence-corrected chi connectivity index (χ4v) is 0.920. The molecule has 2 N–H and O–H groups in total. The highest BCUT2D eigenvalue weighted by atomic mass is 16.4. The summed E-state index contributed by atoms with van der Waals surface area (Å²) >= 11 is 0. The number of aliphatic carboxylic acids is 1. The predicted molar refractivity (Wildman–Crippen MR) is 46.2 cm³/mol. The van der Waals surface area contributed by atoms with Crippen LogP contribution in [0, 0.1) is 0 Å². The normalized spacial score (nSPS) is 9.69. The highest BCUT2D eigenvalue weighted by Crippen LogP contribution is 1.95. The van der Waals surface area contributed by atoms with Crippen LogP contribution in [-0.2, 0) is 9.59 Å². The molecule has 76 valence electrons. The van der Waals surface area contributed by atoms with E-state index < -0.39 is 11.9 Å². The molecule has 5 nitrogen and oxygen atoms in total. The number of aliphatic hydroxyl groups excluding tert-OH is 1. The third-order valence-corrected chi connectivity index (χ3v) is 1.62. The quantitative estimate of drug-likeness (QED) is 0.582. The number of unbranched alkanes of at least 4 members (excludes halogenated alkanes) is 1. The molecule has 5 heteroatoms. The average Bonchev–Trinajstić information content (AvgIpc) is 2.11. The summed E-state index contributed by atoms with van der Waals surface area (Å²) in [5.41, 5.74) is 0. The Bertz CT molecular complexity index is 181. The van der Waals surface area contributed by atoms with Gasteiger partial charge in [-0.15, -0.1) is 0 Å². The minimum absolute atomic E-state index is 0.0884. The molecule has 0 aliphatic carbocycles. The first-order valence-electron chi connectivity index (χ1n) is 4.26. The van der Waals surface area contributed by atoms with E-state index in [2.05, 4.69) is 0 Å². The Morgan fingerprint density at radius 3 is 2.31 bits per heavy atom. The molecule has 0 aromatic heterocycles. The van der Waals surface area contributed by atoms with E-state index in [1.54, 1.807) is 0 Å². The predicted octanol–water partition coefficient (Wildman–Crippen LogP) is -0.308. The van der Waals surface area contributed by atoms with Crippen molar-refractivity contribution >= 4 is 11.9 Å². The number of rotatable bonds is 5. The van der Waals surface area contributed by atoms with Crippen molar-refractivity contribution in [1.29, 1.82) is 0 Å². The van der Waals surface area contributed by atoms with Crippen molar-refractivity contribution in [2.24, 2.45) is 0 Å². The molecule has 0 atom stereocenters. The zero-order chi connectivity index (χ0) is 10.3. The second-order valence-electron chi connectivity index (χ2n) is 2.67. The van der Waals surface area contributed by atoms with Crippen molar-refractivity contribution < 1.29 is 19.8 Å². The maximum absolute atomic E-state index is 11.0. The second-order valence-corrected chi connectivity index (χ2v) is 2.67. The SMILES string of the molecule is CCCCN(CCO)C(=O)C(=O)O. The van der Waals surface area contributed by atoms with Crippen LogP contribution >= 0.6 is 0 Å². The Morgan fingerprint density at radius 1 is 1.31 bits per heavy atom. The molecule has 0 rings (SSSR count). The maximum atomic E-state index is 11.0. The van der Waals surface area contributed by atoms with Crippen molar-refractivity contribution in [1.82, 2.24) is 4.90 Å². The average molecular weight is 189 g/mol. The summed E-state index contributed by atoms with van der Waals surface area (Å²) < 4.78 is 0. The first-order valence-corrected chi connectivity index (χ1v) is 4.26. The van der Waals surface area contributed by atoms with Gasteiger partial charge in [0.25, 0.3) is 0 Å². The van der Waals surface area contributed by atoms with E-state index in [1.807, 2.05) is 6.92 Å². The number of carboxylic acid groups (broad SMARTS) is 1. The minimum Gasteiger partial charge on any atom is -0.474 e. The summed E-state index contributed by atoms with van der Waals surface area (Å²) in [6, 6.07) is 0. The summed E-state index contributed by atoms with van der Waals surface area (Å²) in [6.45, 7) is 2.22. The summed E-state index contributed by atoms with van der Waals surface area (Å²) in [4.78, 5) is 22.4. The Labute approximate surface area is 77.0 Å². The number of amides is 1. The standard InChI is InChI=1S/C8H15NO4/c1-2-3-4-9(5-6-10)7(11)8(12)13/h10H,2-6H2,1H3,(H,12,13). The van der Waals surface area contributed by atoms with E-state index in [-0.39, 0.29) is 13.2 Å². The smallest absolute Gasteiger partial charge is 0.394 e. The van der Waals surface area contributed by atoms with Crippen molar-refractivity contribution in [3.05, 3.63) is 0 Å². The first-order chi connectivity index (χ1) is 6.13. The molecule has 0 heterocycles. The van der Waals surface area contributed by atoms with E-state index in [9.17, 15) is 9.59 Å². The highest BCUT2D eigenvalue weighted by Gasteiger charge is 2.19. The molecule has 13 heavy (non-hydrogen) atoms. The van der Waals surface area contributed by atoms with Crippen molar-refractivity contribution in [2.45, 2.75) is 19.8 Å². The number of carboxylic acids is 1. The summed E-state index contributed by atoms with van der Waals surface area (Å²) in [5.74, 6) is -2.41. The van der Waals surface area contributed by atoms with Gasteiger partial charge in [-0.2, -0.15) is 0 Å². The maximum Gasteiger partial charge on any atom is 0.394 e. The number of carbonyl (C=O) groups excluding carboxylic acids is 1. The van der Waals surface area contributed by atoms with Crippen LogP contribution < -0.4 is 0 Å². The third-order valence-electron chi connectivity index (χ3n) is 1.62. The molecule has 0 aliphatic heterocycles. The molecule has 0 bridgehead atoms. The Morgan fingerprint density at radius 2 is 1.92 bits per heavy atom. The Kier molecular flexibility index (Phi) is 5.88. The van der Waals surface area contributed by atoms with E-state index in [1.165, 1.54) is 0 Å². The van der Waals surface area contributed by atoms with Crippen LogP contribution in [0.1, 0.15) is 19.8 Å². The molecular formula is C8H15NO4. The van der Waals surface area contributed by atoms with Gasteiger partial charge in [-0.3, -0.25) is 4.79 Å². The number of hydrogen-bond donors (Lipinski definition) is 2. The first kappa shape index (κ1) is 11.9. The molecular weight excluding hydrogens is 174 g/mol. The van der Waals surface area contributed by atoms with Gasteiger partial charge in [-0.1, -0.05) is 13.3 Å². The van der Waals surface area contributed by atoms with Gasteiger partial charge < -0.3 is 15.1 Å². The number of nitrogens with zero attached hydrogens (tertiary/aromatic N) is 1. The highest BCUT2D eigenvalue weighted by molar-refractivity contribution is 6.31. The molecule has 0 fully saturated rings. The van der Waals surface area contributed by atoms with Gasteiger partial charge in [-0.25, -0.2) is 4.79 Å². The number of aliphatic hydroxyl groups is 1.